The fourth-order valence-electron chi connectivity index (χ4n) is 2.86. The number of hydrogen-bond acceptors (Lipinski definition) is 5. The van der Waals surface area contributed by atoms with Gasteiger partial charge in [-0.25, -0.2) is 9.50 Å². The van der Waals surface area contributed by atoms with Crippen LogP contribution in [0, 0.1) is 6.92 Å². The number of phenolic OH excluding ortho intramolecular Hbond substituents is 1. The Hall–Kier alpha value is -3.15. The Kier molecular flexibility index (Phi) is 3.30. The van der Waals surface area contributed by atoms with Gasteiger partial charge >= 0.3 is 0 Å². The number of aliphatic imine (C=N–C) groups is 1. The summed E-state index contributed by atoms with van der Waals surface area (Å²) in [5.41, 5.74) is 3.36. The second-order valence-electron chi connectivity index (χ2n) is 5.77. The molecule has 0 amide bonds. The lowest BCUT2D eigenvalue weighted by Gasteiger charge is -2.08. The van der Waals surface area contributed by atoms with Crippen LogP contribution in [0.25, 0.3) is 22.6 Å². The molecular formula is C18H16N4O2. The van der Waals surface area contributed by atoms with Crippen molar-refractivity contribution in [2.75, 3.05) is 0 Å². The number of nitrogens with zero attached hydrogens (tertiary/aromatic N) is 4. The molecule has 1 aliphatic heterocycles. The number of fused-ring (bicyclic) bond motifs is 1. The highest BCUT2D eigenvalue weighted by atomic mass is 16.3. The van der Waals surface area contributed by atoms with Gasteiger partial charge in [-0.2, -0.15) is 5.10 Å². The first kappa shape index (κ1) is 14.4. The smallest absolute Gasteiger partial charge is 0.165 e. The number of aromatic nitrogens is 3. The van der Waals surface area contributed by atoms with Gasteiger partial charge in [0.05, 0.1) is 11.1 Å². The molecule has 0 spiro atoms. The van der Waals surface area contributed by atoms with Crippen LogP contribution in [0.2, 0.25) is 0 Å². The zero-order valence-corrected chi connectivity index (χ0v) is 13.1. The SMILES string of the molecule is Cc1ccc(O)c(-c2nc(C3=C(O)CCC=N3)c3cccnn23)c1. The first-order valence-electron chi connectivity index (χ1n) is 7.74. The van der Waals surface area contributed by atoms with Crippen molar-refractivity contribution < 1.29 is 10.2 Å². The molecule has 2 N–H and O–H groups in total. The molecular weight excluding hydrogens is 304 g/mol. The average Bonchev–Trinajstić information content (AvgIpc) is 2.97. The molecule has 0 fully saturated rings. The first-order valence-corrected chi connectivity index (χ1v) is 7.74. The topological polar surface area (TPSA) is 83.0 Å². The fourth-order valence-corrected chi connectivity index (χ4v) is 2.86. The molecule has 1 aliphatic rings. The van der Waals surface area contributed by atoms with Crippen molar-refractivity contribution in [1.82, 2.24) is 14.6 Å². The average molecular weight is 320 g/mol. The van der Waals surface area contributed by atoms with E-state index in [2.05, 4.69) is 15.1 Å². The van der Waals surface area contributed by atoms with Crippen LogP contribution in [0.5, 0.6) is 5.75 Å². The molecule has 0 radical (unpaired) electrons. The van der Waals surface area contributed by atoms with E-state index in [0.717, 1.165) is 11.1 Å². The quantitative estimate of drug-likeness (QED) is 0.757. The van der Waals surface area contributed by atoms with Crippen LogP contribution in [0.1, 0.15) is 24.1 Å². The minimum atomic E-state index is 0.134. The molecule has 0 aliphatic carbocycles. The lowest BCUT2D eigenvalue weighted by atomic mass is 10.1. The molecule has 6 heteroatoms. The van der Waals surface area contributed by atoms with Gasteiger partial charge in [-0.05, 0) is 37.6 Å². The standard InChI is InChI=1S/C18H16N4O2/c1-11-6-7-14(23)12(10-11)18-21-16(13-4-2-9-20-22(13)18)17-15(24)5-3-8-19-17/h2,4,6-10,23-24H,3,5H2,1H3. The van der Waals surface area contributed by atoms with Gasteiger partial charge in [0.1, 0.15) is 22.9 Å². The molecule has 120 valence electrons. The number of allylic oxidation sites excluding steroid dienone is 1. The molecule has 4 rings (SSSR count). The van der Waals surface area contributed by atoms with Gasteiger partial charge in [0.25, 0.3) is 0 Å². The minimum absolute atomic E-state index is 0.134. The van der Waals surface area contributed by atoms with Crippen LogP contribution in [-0.4, -0.2) is 31.0 Å². The zero-order chi connectivity index (χ0) is 16.7. The molecule has 1 aromatic carbocycles. The lowest BCUT2D eigenvalue weighted by molar-refractivity contribution is 0.391. The Morgan fingerprint density at radius 3 is 2.88 bits per heavy atom. The van der Waals surface area contributed by atoms with Gasteiger partial charge in [0.15, 0.2) is 5.82 Å². The van der Waals surface area contributed by atoms with Crippen molar-refractivity contribution in [1.29, 1.82) is 0 Å². The van der Waals surface area contributed by atoms with Crippen molar-refractivity contribution in [2.24, 2.45) is 4.99 Å². The zero-order valence-electron chi connectivity index (χ0n) is 13.1. The van der Waals surface area contributed by atoms with E-state index in [1.165, 1.54) is 0 Å². The van der Waals surface area contributed by atoms with E-state index in [9.17, 15) is 10.2 Å². The largest absolute Gasteiger partial charge is 0.510 e. The van der Waals surface area contributed by atoms with E-state index in [0.29, 0.717) is 35.6 Å². The summed E-state index contributed by atoms with van der Waals surface area (Å²) in [6, 6.07) is 9.02. The van der Waals surface area contributed by atoms with Crippen molar-refractivity contribution in [2.45, 2.75) is 19.8 Å². The molecule has 3 heterocycles. The predicted molar refractivity (Wildman–Crippen MR) is 92.1 cm³/mol. The van der Waals surface area contributed by atoms with Gasteiger partial charge in [-0.3, -0.25) is 4.99 Å². The molecule has 3 aromatic rings. The fraction of sp³-hybridized carbons (Fsp3) is 0.167. The molecule has 0 unspecified atom stereocenters. The second-order valence-corrected chi connectivity index (χ2v) is 5.77. The molecule has 0 atom stereocenters. The predicted octanol–water partition coefficient (Wildman–Crippen LogP) is 3.50. The van der Waals surface area contributed by atoms with Crippen LogP contribution >= 0.6 is 0 Å². The Balaban J connectivity index is 2.02. The molecule has 2 aromatic heterocycles. The highest BCUT2D eigenvalue weighted by Gasteiger charge is 2.21. The van der Waals surface area contributed by atoms with Crippen LogP contribution in [0.3, 0.4) is 0 Å². The van der Waals surface area contributed by atoms with E-state index in [4.69, 9.17) is 0 Å². The molecule has 24 heavy (non-hydrogen) atoms. The number of aryl methyl sites for hydroxylation is 1. The van der Waals surface area contributed by atoms with E-state index in [1.54, 1.807) is 23.0 Å². The monoisotopic (exact) mass is 320 g/mol. The Labute approximate surface area is 138 Å². The second kappa shape index (κ2) is 5.49. The maximum Gasteiger partial charge on any atom is 0.165 e. The van der Waals surface area contributed by atoms with Crippen molar-refractivity contribution in [3.63, 3.8) is 0 Å². The van der Waals surface area contributed by atoms with Crippen molar-refractivity contribution >= 4 is 17.4 Å². The van der Waals surface area contributed by atoms with Gasteiger partial charge in [0, 0.05) is 18.8 Å². The van der Waals surface area contributed by atoms with E-state index >= 15 is 0 Å². The number of benzene rings is 1. The number of aliphatic hydroxyl groups excluding tert-OH is 1. The lowest BCUT2D eigenvalue weighted by Crippen LogP contribution is -1.97. The van der Waals surface area contributed by atoms with Gasteiger partial charge < -0.3 is 10.2 Å². The Bertz CT molecular complexity index is 1000. The first-order chi connectivity index (χ1) is 11.6. The number of rotatable bonds is 2. The summed E-state index contributed by atoms with van der Waals surface area (Å²) in [6.07, 6.45) is 4.70. The third kappa shape index (κ3) is 2.23. The highest BCUT2D eigenvalue weighted by molar-refractivity contribution is 5.85. The maximum absolute atomic E-state index is 10.2. The summed E-state index contributed by atoms with van der Waals surface area (Å²) in [5, 5.41) is 24.8. The van der Waals surface area contributed by atoms with Gasteiger partial charge in [-0.1, -0.05) is 11.6 Å². The third-order valence-corrected chi connectivity index (χ3v) is 4.03. The third-order valence-electron chi connectivity index (χ3n) is 4.03. The molecule has 6 nitrogen and oxygen atoms in total. The Morgan fingerprint density at radius 2 is 2.04 bits per heavy atom. The highest BCUT2D eigenvalue weighted by Crippen LogP contribution is 2.34. The van der Waals surface area contributed by atoms with Crippen LogP contribution < -0.4 is 0 Å². The molecule has 0 saturated heterocycles. The number of hydrogen-bond donors (Lipinski definition) is 2. The van der Waals surface area contributed by atoms with E-state index in [1.807, 2.05) is 31.2 Å². The Morgan fingerprint density at radius 1 is 1.17 bits per heavy atom. The number of phenols is 1. The van der Waals surface area contributed by atoms with Crippen molar-refractivity contribution in [3.05, 3.63) is 53.5 Å². The van der Waals surface area contributed by atoms with Crippen molar-refractivity contribution in [3.8, 4) is 17.1 Å². The normalized spacial score (nSPS) is 14.5. The van der Waals surface area contributed by atoms with Crippen LogP contribution in [-0.2, 0) is 0 Å². The van der Waals surface area contributed by atoms with Gasteiger partial charge in [-0.15, -0.1) is 0 Å². The van der Waals surface area contributed by atoms with E-state index < -0.39 is 0 Å². The van der Waals surface area contributed by atoms with Gasteiger partial charge in [0.2, 0.25) is 0 Å². The number of aliphatic hydroxyl groups is 1. The minimum Gasteiger partial charge on any atom is -0.510 e. The van der Waals surface area contributed by atoms with E-state index in [-0.39, 0.29) is 11.5 Å². The maximum atomic E-state index is 10.2. The summed E-state index contributed by atoms with van der Waals surface area (Å²) in [6.45, 7) is 1.95. The van der Waals surface area contributed by atoms with Crippen LogP contribution in [0.15, 0.2) is 47.3 Å². The summed E-state index contributed by atoms with van der Waals surface area (Å²) < 4.78 is 1.66. The summed E-state index contributed by atoms with van der Waals surface area (Å²) >= 11 is 0. The molecule has 0 saturated carbocycles. The summed E-state index contributed by atoms with van der Waals surface area (Å²) in [4.78, 5) is 8.96. The van der Waals surface area contributed by atoms with Crippen LogP contribution in [0.4, 0.5) is 0 Å². The number of aromatic hydroxyl groups is 1. The summed E-state index contributed by atoms with van der Waals surface area (Å²) in [5.74, 6) is 0.874. The number of imidazole rings is 1. The summed E-state index contributed by atoms with van der Waals surface area (Å²) in [7, 11) is 0. The molecule has 0 bridgehead atoms.